The predicted molar refractivity (Wildman–Crippen MR) is 73.3 cm³/mol. The second-order valence-corrected chi connectivity index (χ2v) is 5.25. The summed E-state index contributed by atoms with van der Waals surface area (Å²) < 4.78 is 5.70. The van der Waals surface area contributed by atoms with Crippen molar-refractivity contribution in [2.75, 3.05) is 11.9 Å². The van der Waals surface area contributed by atoms with Crippen molar-refractivity contribution in [1.82, 2.24) is 0 Å². The summed E-state index contributed by atoms with van der Waals surface area (Å²) >= 11 is 3.58. The second kappa shape index (κ2) is 7.72. The normalized spacial score (nSPS) is 12.8. The molecule has 0 spiro atoms. The fourth-order valence-electron chi connectivity index (χ4n) is 1.78. The SMILES string of the molecule is CC(C)CC(CBr)CCOc1ccccc1. The van der Waals surface area contributed by atoms with Crippen LogP contribution < -0.4 is 4.74 Å². The first-order valence-electron chi connectivity index (χ1n) is 5.96. The molecule has 0 N–H and O–H groups in total. The van der Waals surface area contributed by atoms with E-state index in [4.69, 9.17) is 4.74 Å². The number of halogens is 1. The molecule has 0 bridgehead atoms. The molecule has 1 unspecified atom stereocenters. The lowest BCUT2D eigenvalue weighted by Gasteiger charge is -2.16. The average Bonchev–Trinajstić information content (AvgIpc) is 2.28. The number of benzene rings is 1. The molecular formula is C14H21BrO. The highest BCUT2D eigenvalue weighted by molar-refractivity contribution is 9.09. The lowest BCUT2D eigenvalue weighted by molar-refractivity contribution is 0.272. The van der Waals surface area contributed by atoms with Crippen molar-refractivity contribution in [2.24, 2.45) is 11.8 Å². The Labute approximate surface area is 107 Å². The first kappa shape index (κ1) is 13.6. The van der Waals surface area contributed by atoms with Crippen molar-refractivity contribution in [3.05, 3.63) is 30.3 Å². The van der Waals surface area contributed by atoms with Gasteiger partial charge in [0.2, 0.25) is 0 Å². The van der Waals surface area contributed by atoms with E-state index in [2.05, 4.69) is 29.8 Å². The summed E-state index contributed by atoms with van der Waals surface area (Å²) in [5.41, 5.74) is 0. The van der Waals surface area contributed by atoms with Crippen LogP contribution in [0.2, 0.25) is 0 Å². The summed E-state index contributed by atoms with van der Waals surface area (Å²) in [5.74, 6) is 2.46. The molecule has 1 rings (SSSR count). The van der Waals surface area contributed by atoms with Crippen molar-refractivity contribution in [2.45, 2.75) is 26.7 Å². The van der Waals surface area contributed by atoms with Crippen LogP contribution in [0.4, 0.5) is 0 Å². The number of para-hydroxylation sites is 1. The molecule has 0 heterocycles. The Morgan fingerprint density at radius 2 is 1.88 bits per heavy atom. The van der Waals surface area contributed by atoms with Crippen LogP contribution >= 0.6 is 15.9 Å². The molecule has 0 amide bonds. The average molecular weight is 285 g/mol. The third kappa shape index (κ3) is 5.55. The van der Waals surface area contributed by atoms with E-state index in [1.54, 1.807) is 0 Å². The molecule has 0 saturated carbocycles. The standard InChI is InChI=1S/C14H21BrO/c1-12(2)10-13(11-15)8-9-16-14-6-4-3-5-7-14/h3-7,12-13H,8-11H2,1-2H3. The summed E-state index contributed by atoms with van der Waals surface area (Å²) in [5, 5.41) is 1.07. The maximum atomic E-state index is 5.70. The maximum Gasteiger partial charge on any atom is 0.119 e. The van der Waals surface area contributed by atoms with Crippen LogP contribution in [-0.2, 0) is 0 Å². The van der Waals surface area contributed by atoms with Crippen LogP contribution in [0, 0.1) is 11.8 Å². The van der Waals surface area contributed by atoms with Crippen LogP contribution in [0.25, 0.3) is 0 Å². The second-order valence-electron chi connectivity index (χ2n) is 4.60. The zero-order valence-electron chi connectivity index (χ0n) is 10.2. The molecule has 0 saturated heterocycles. The van der Waals surface area contributed by atoms with Crippen LogP contribution in [0.1, 0.15) is 26.7 Å². The van der Waals surface area contributed by atoms with E-state index in [1.165, 1.54) is 6.42 Å². The molecule has 0 fully saturated rings. The number of alkyl halides is 1. The third-order valence-corrected chi connectivity index (χ3v) is 3.48. The fourth-order valence-corrected chi connectivity index (χ4v) is 2.37. The molecule has 0 aliphatic rings. The molecular weight excluding hydrogens is 264 g/mol. The van der Waals surface area contributed by atoms with Crippen molar-refractivity contribution in [1.29, 1.82) is 0 Å². The molecule has 1 aromatic rings. The minimum Gasteiger partial charge on any atom is -0.494 e. The number of ether oxygens (including phenoxy) is 1. The van der Waals surface area contributed by atoms with Gasteiger partial charge in [-0.2, -0.15) is 0 Å². The number of hydrogen-bond acceptors (Lipinski definition) is 1. The van der Waals surface area contributed by atoms with Crippen LogP contribution in [0.15, 0.2) is 30.3 Å². The minimum absolute atomic E-state index is 0.726. The van der Waals surface area contributed by atoms with Gasteiger partial charge in [-0.25, -0.2) is 0 Å². The van der Waals surface area contributed by atoms with Gasteiger partial charge < -0.3 is 4.74 Å². The van der Waals surface area contributed by atoms with E-state index < -0.39 is 0 Å². The van der Waals surface area contributed by atoms with E-state index in [0.29, 0.717) is 0 Å². The van der Waals surface area contributed by atoms with E-state index in [1.807, 2.05) is 30.3 Å². The summed E-state index contributed by atoms with van der Waals surface area (Å²) in [4.78, 5) is 0. The molecule has 1 atom stereocenters. The molecule has 0 aliphatic heterocycles. The van der Waals surface area contributed by atoms with Crippen molar-refractivity contribution in [3.63, 3.8) is 0 Å². The maximum absolute atomic E-state index is 5.70. The Morgan fingerprint density at radius 3 is 2.44 bits per heavy atom. The van der Waals surface area contributed by atoms with E-state index in [9.17, 15) is 0 Å². The lowest BCUT2D eigenvalue weighted by Crippen LogP contribution is -2.11. The molecule has 2 heteroatoms. The lowest BCUT2D eigenvalue weighted by atomic mass is 9.96. The monoisotopic (exact) mass is 284 g/mol. The Morgan fingerprint density at radius 1 is 1.19 bits per heavy atom. The molecule has 16 heavy (non-hydrogen) atoms. The van der Waals surface area contributed by atoms with Crippen LogP contribution in [0.3, 0.4) is 0 Å². The highest BCUT2D eigenvalue weighted by Crippen LogP contribution is 2.18. The minimum atomic E-state index is 0.726. The third-order valence-electron chi connectivity index (χ3n) is 2.56. The Hall–Kier alpha value is -0.500. The van der Waals surface area contributed by atoms with Gasteiger partial charge in [0, 0.05) is 5.33 Å². The summed E-state index contributed by atoms with van der Waals surface area (Å²) in [6, 6.07) is 10.0. The van der Waals surface area contributed by atoms with Gasteiger partial charge in [0.25, 0.3) is 0 Å². The highest BCUT2D eigenvalue weighted by atomic mass is 79.9. The van der Waals surface area contributed by atoms with Crippen molar-refractivity contribution in [3.8, 4) is 5.75 Å². The molecule has 1 nitrogen and oxygen atoms in total. The Balaban J connectivity index is 2.23. The highest BCUT2D eigenvalue weighted by Gasteiger charge is 2.09. The topological polar surface area (TPSA) is 9.23 Å². The van der Waals surface area contributed by atoms with Crippen molar-refractivity contribution < 1.29 is 4.74 Å². The van der Waals surface area contributed by atoms with Gasteiger partial charge in [0.1, 0.15) is 5.75 Å². The van der Waals surface area contributed by atoms with E-state index >= 15 is 0 Å². The van der Waals surface area contributed by atoms with Gasteiger partial charge >= 0.3 is 0 Å². The predicted octanol–water partition coefficient (Wildman–Crippen LogP) is 4.51. The van der Waals surface area contributed by atoms with Gasteiger partial charge in [0.05, 0.1) is 6.61 Å². The number of rotatable bonds is 7. The van der Waals surface area contributed by atoms with E-state index in [-0.39, 0.29) is 0 Å². The first-order chi connectivity index (χ1) is 7.72. The molecule has 0 aromatic heterocycles. The molecule has 90 valence electrons. The molecule has 0 radical (unpaired) electrons. The first-order valence-corrected chi connectivity index (χ1v) is 7.08. The Kier molecular flexibility index (Phi) is 6.55. The quantitative estimate of drug-likeness (QED) is 0.670. The van der Waals surface area contributed by atoms with Gasteiger partial charge in [0.15, 0.2) is 0 Å². The molecule has 0 aliphatic carbocycles. The van der Waals surface area contributed by atoms with Gasteiger partial charge in [-0.1, -0.05) is 48.0 Å². The zero-order chi connectivity index (χ0) is 11.8. The summed E-state index contributed by atoms with van der Waals surface area (Å²) in [6.45, 7) is 5.36. The van der Waals surface area contributed by atoms with Crippen LogP contribution in [-0.4, -0.2) is 11.9 Å². The number of hydrogen-bond donors (Lipinski definition) is 0. The van der Waals surface area contributed by atoms with Gasteiger partial charge in [-0.05, 0) is 36.8 Å². The van der Waals surface area contributed by atoms with Gasteiger partial charge in [-0.3, -0.25) is 0 Å². The van der Waals surface area contributed by atoms with E-state index in [0.717, 1.165) is 35.9 Å². The van der Waals surface area contributed by atoms with Crippen LogP contribution in [0.5, 0.6) is 5.75 Å². The zero-order valence-corrected chi connectivity index (χ0v) is 11.7. The van der Waals surface area contributed by atoms with Crippen molar-refractivity contribution >= 4 is 15.9 Å². The fraction of sp³-hybridized carbons (Fsp3) is 0.571. The summed E-state index contributed by atoms with van der Waals surface area (Å²) in [7, 11) is 0. The van der Waals surface area contributed by atoms with Gasteiger partial charge in [-0.15, -0.1) is 0 Å². The Bertz CT molecular complexity index is 271. The largest absolute Gasteiger partial charge is 0.494 e. The summed E-state index contributed by atoms with van der Waals surface area (Å²) in [6.07, 6.45) is 2.39. The molecule has 1 aromatic carbocycles. The smallest absolute Gasteiger partial charge is 0.119 e.